The van der Waals surface area contributed by atoms with Crippen LogP contribution in [0.4, 0.5) is 0 Å². The van der Waals surface area contributed by atoms with Crippen molar-refractivity contribution in [3.63, 3.8) is 0 Å². The third-order valence-corrected chi connectivity index (χ3v) is 6.56. The molecule has 1 saturated heterocycles. The smallest absolute Gasteiger partial charge is 0.224 e. The molecular formula is C19H30N2O4S. The minimum absolute atomic E-state index is 0.0425. The van der Waals surface area contributed by atoms with Gasteiger partial charge in [-0.2, -0.15) is 0 Å². The first-order valence-corrected chi connectivity index (χ1v) is 11.0. The van der Waals surface area contributed by atoms with Crippen LogP contribution in [-0.2, 0) is 21.2 Å². The van der Waals surface area contributed by atoms with Gasteiger partial charge >= 0.3 is 0 Å². The number of nitrogens with one attached hydrogen (secondary N) is 1. The average molecular weight is 383 g/mol. The molecule has 1 N–H and O–H groups in total. The minimum atomic E-state index is -3.22. The second-order valence-electron chi connectivity index (χ2n) is 6.53. The van der Waals surface area contributed by atoms with Gasteiger partial charge in [0.25, 0.3) is 0 Å². The van der Waals surface area contributed by atoms with Crippen LogP contribution >= 0.6 is 0 Å². The molecule has 0 spiro atoms. The van der Waals surface area contributed by atoms with Crippen molar-refractivity contribution in [1.29, 1.82) is 0 Å². The molecule has 1 aromatic carbocycles. The number of benzene rings is 1. The average Bonchev–Trinajstić information content (AvgIpc) is 2.66. The topological polar surface area (TPSA) is 75.7 Å². The molecule has 1 fully saturated rings. The van der Waals surface area contributed by atoms with Gasteiger partial charge in [0.1, 0.15) is 5.75 Å². The highest BCUT2D eigenvalue weighted by Crippen LogP contribution is 2.21. The van der Waals surface area contributed by atoms with Gasteiger partial charge in [-0.15, -0.1) is 0 Å². The fourth-order valence-corrected chi connectivity index (χ4v) is 4.41. The lowest BCUT2D eigenvalue weighted by Crippen LogP contribution is -2.46. The highest BCUT2D eigenvalue weighted by Gasteiger charge is 2.31. The van der Waals surface area contributed by atoms with Crippen molar-refractivity contribution >= 4 is 15.9 Å². The van der Waals surface area contributed by atoms with E-state index in [9.17, 15) is 13.2 Å². The number of ether oxygens (including phenoxy) is 1. The molecule has 0 bridgehead atoms. The number of carbonyl (C=O) groups excluding carboxylic acids is 1. The molecule has 1 aliphatic heterocycles. The van der Waals surface area contributed by atoms with Gasteiger partial charge in [0.05, 0.1) is 18.3 Å². The second kappa shape index (κ2) is 9.92. The Hall–Kier alpha value is -1.60. The number of para-hydroxylation sites is 1. The molecule has 1 aliphatic rings. The molecule has 1 aromatic rings. The molecule has 1 atom stereocenters. The van der Waals surface area contributed by atoms with Gasteiger partial charge in [-0.3, -0.25) is 4.79 Å². The van der Waals surface area contributed by atoms with E-state index in [1.807, 2.05) is 31.2 Å². The number of piperidine rings is 1. The number of hydrogen-bond donors (Lipinski definition) is 1. The first-order valence-electron chi connectivity index (χ1n) is 9.44. The summed E-state index contributed by atoms with van der Waals surface area (Å²) in [6.45, 7) is 5.63. The van der Waals surface area contributed by atoms with Crippen molar-refractivity contribution in [2.24, 2.45) is 5.92 Å². The molecule has 7 heteroatoms. The van der Waals surface area contributed by atoms with Crippen molar-refractivity contribution in [3.05, 3.63) is 29.8 Å². The van der Waals surface area contributed by atoms with Crippen molar-refractivity contribution in [1.82, 2.24) is 9.62 Å². The van der Waals surface area contributed by atoms with E-state index in [1.165, 1.54) is 4.31 Å². The number of carbonyl (C=O) groups is 1. The Labute approximate surface area is 157 Å². The van der Waals surface area contributed by atoms with Gasteiger partial charge in [0, 0.05) is 19.6 Å². The van der Waals surface area contributed by atoms with Crippen LogP contribution in [0.15, 0.2) is 24.3 Å². The Bertz CT molecular complexity index is 691. The standard InChI is InChI=1S/C19H30N2O4S/c1-3-25-18-12-6-5-9-16(18)10-7-13-20-19(22)17-11-8-14-21(15-17)26(23,24)4-2/h5-6,9,12,17H,3-4,7-8,10-11,13-15H2,1-2H3,(H,20,22). The number of amides is 1. The number of sulfonamides is 1. The zero-order chi connectivity index (χ0) is 19.0. The minimum Gasteiger partial charge on any atom is -0.494 e. The number of nitrogens with zero attached hydrogens (tertiary/aromatic N) is 1. The fraction of sp³-hybridized carbons (Fsp3) is 0.632. The molecule has 2 rings (SSSR count). The van der Waals surface area contributed by atoms with E-state index in [0.717, 1.165) is 37.0 Å². The Morgan fingerprint density at radius 3 is 2.81 bits per heavy atom. The monoisotopic (exact) mass is 382 g/mol. The van der Waals surface area contributed by atoms with E-state index in [1.54, 1.807) is 6.92 Å². The van der Waals surface area contributed by atoms with Crippen LogP contribution in [-0.4, -0.2) is 50.6 Å². The zero-order valence-electron chi connectivity index (χ0n) is 15.7. The van der Waals surface area contributed by atoms with E-state index in [2.05, 4.69) is 5.32 Å². The normalized spacial score (nSPS) is 18.5. The van der Waals surface area contributed by atoms with Gasteiger partial charge in [-0.05, 0) is 51.2 Å². The summed E-state index contributed by atoms with van der Waals surface area (Å²) in [5.41, 5.74) is 1.14. The van der Waals surface area contributed by atoms with Crippen LogP contribution < -0.4 is 10.1 Å². The lowest BCUT2D eigenvalue weighted by molar-refractivity contribution is -0.126. The van der Waals surface area contributed by atoms with E-state index in [-0.39, 0.29) is 17.6 Å². The molecule has 6 nitrogen and oxygen atoms in total. The highest BCUT2D eigenvalue weighted by atomic mass is 32.2. The van der Waals surface area contributed by atoms with Gasteiger partial charge in [-0.25, -0.2) is 12.7 Å². The quantitative estimate of drug-likeness (QED) is 0.665. The maximum absolute atomic E-state index is 12.4. The van der Waals surface area contributed by atoms with E-state index in [4.69, 9.17) is 4.74 Å². The highest BCUT2D eigenvalue weighted by molar-refractivity contribution is 7.89. The second-order valence-corrected chi connectivity index (χ2v) is 8.79. The molecular weight excluding hydrogens is 352 g/mol. The summed E-state index contributed by atoms with van der Waals surface area (Å²) in [6.07, 6.45) is 3.13. The van der Waals surface area contributed by atoms with Crippen LogP contribution in [0.5, 0.6) is 5.75 Å². The number of hydrogen-bond acceptors (Lipinski definition) is 4. The van der Waals surface area contributed by atoms with Crippen LogP contribution in [0.1, 0.15) is 38.7 Å². The molecule has 0 aliphatic carbocycles. The Morgan fingerprint density at radius 1 is 1.31 bits per heavy atom. The van der Waals surface area contributed by atoms with Crippen molar-refractivity contribution in [3.8, 4) is 5.75 Å². The van der Waals surface area contributed by atoms with E-state index >= 15 is 0 Å². The van der Waals surface area contributed by atoms with Gasteiger partial charge < -0.3 is 10.1 Å². The van der Waals surface area contributed by atoms with Crippen LogP contribution in [0, 0.1) is 5.92 Å². The molecule has 1 heterocycles. The maximum Gasteiger partial charge on any atom is 0.224 e. The fourth-order valence-electron chi connectivity index (χ4n) is 3.23. The lowest BCUT2D eigenvalue weighted by Gasteiger charge is -2.30. The molecule has 1 unspecified atom stereocenters. The molecule has 0 radical (unpaired) electrons. The van der Waals surface area contributed by atoms with Gasteiger partial charge in [0.15, 0.2) is 0 Å². The SMILES string of the molecule is CCOc1ccccc1CCCNC(=O)C1CCCN(S(=O)(=O)CC)C1. The molecule has 0 aromatic heterocycles. The summed E-state index contributed by atoms with van der Waals surface area (Å²) >= 11 is 0. The first-order chi connectivity index (χ1) is 12.5. The van der Waals surface area contributed by atoms with Gasteiger partial charge in [0.2, 0.25) is 15.9 Å². The Balaban J connectivity index is 1.78. The van der Waals surface area contributed by atoms with E-state index < -0.39 is 10.0 Å². The van der Waals surface area contributed by atoms with Crippen molar-refractivity contribution in [2.75, 3.05) is 32.0 Å². The van der Waals surface area contributed by atoms with Gasteiger partial charge in [-0.1, -0.05) is 18.2 Å². The summed E-state index contributed by atoms with van der Waals surface area (Å²) in [4.78, 5) is 12.4. The van der Waals surface area contributed by atoms with E-state index in [0.29, 0.717) is 26.2 Å². The molecule has 26 heavy (non-hydrogen) atoms. The van der Waals surface area contributed by atoms with Crippen molar-refractivity contribution < 1.29 is 17.9 Å². The summed E-state index contributed by atoms with van der Waals surface area (Å²) in [5.74, 6) is 0.689. The van der Waals surface area contributed by atoms with Crippen LogP contribution in [0.2, 0.25) is 0 Å². The summed E-state index contributed by atoms with van der Waals surface area (Å²) in [5, 5.41) is 2.96. The predicted molar refractivity (Wildman–Crippen MR) is 103 cm³/mol. The van der Waals surface area contributed by atoms with Crippen LogP contribution in [0.25, 0.3) is 0 Å². The molecule has 146 valence electrons. The Morgan fingerprint density at radius 2 is 2.08 bits per heavy atom. The molecule has 0 saturated carbocycles. The Kier molecular flexibility index (Phi) is 7.90. The largest absolute Gasteiger partial charge is 0.494 e. The third-order valence-electron chi connectivity index (χ3n) is 4.71. The maximum atomic E-state index is 12.4. The molecule has 1 amide bonds. The summed E-state index contributed by atoms with van der Waals surface area (Å²) in [6, 6.07) is 7.94. The number of aryl methyl sites for hydroxylation is 1. The van der Waals surface area contributed by atoms with Crippen molar-refractivity contribution in [2.45, 2.75) is 39.5 Å². The summed E-state index contributed by atoms with van der Waals surface area (Å²) < 4.78 is 31.1. The van der Waals surface area contributed by atoms with Crippen LogP contribution in [0.3, 0.4) is 0 Å². The number of rotatable bonds is 9. The zero-order valence-corrected chi connectivity index (χ0v) is 16.6. The predicted octanol–water partition coefficient (Wildman–Crippen LogP) is 2.20. The lowest BCUT2D eigenvalue weighted by atomic mass is 9.99. The first kappa shape index (κ1) is 20.7. The third kappa shape index (κ3) is 5.71. The summed E-state index contributed by atoms with van der Waals surface area (Å²) in [7, 11) is -3.22.